The molecule has 1 atom stereocenters. The first kappa shape index (κ1) is 12.2. The first-order chi connectivity index (χ1) is 5.63. The van der Waals surface area contributed by atoms with Gasteiger partial charge in [0, 0.05) is 7.97 Å². The molecule has 2 nitrogen and oxygen atoms in total. The molecule has 1 amide bonds. The maximum Gasteiger partial charge on any atom is 0.234 e. The second-order valence-electron chi connectivity index (χ2n) is 2.82. The summed E-state index contributed by atoms with van der Waals surface area (Å²) in [5.74, 6) is 0.556. The lowest BCUT2D eigenvalue weighted by Gasteiger charge is -2.17. The van der Waals surface area contributed by atoms with Crippen molar-refractivity contribution in [3.05, 3.63) is 0 Å². The fraction of sp³-hybridized carbons (Fsp3) is 0.875. The summed E-state index contributed by atoms with van der Waals surface area (Å²) in [6, 6.07) is 0. The molecule has 0 aromatic carbocycles. The summed E-state index contributed by atoms with van der Waals surface area (Å²) in [4.78, 5) is 11.4. The zero-order chi connectivity index (χ0) is 9.56. The summed E-state index contributed by atoms with van der Waals surface area (Å²) >= 11 is 0. The van der Waals surface area contributed by atoms with Gasteiger partial charge >= 0.3 is 0 Å². The molecule has 0 aliphatic rings. The fourth-order valence-corrected chi connectivity index (χ4v) is 2.99. The number of hydrogen-bond acceptors (Lipinski definition) is 3. The topological polar surface area (TPSA) is 29.1 Å². The number of carbonyl (C=O) groups excluding carboxylic acids is 1. The Labute approximate surface area is 84.1 Å². The van der Waals surface area contributed by atoms with Gasteiger partial charge in [-0.15, -0.1) is 0 Å². The van der Waals surface area contributed by atoms with Gasteiger partial charge in [-0.3, -0.25) is 4.79 Å². The molecule has 0 aliphatic carbocycles. The van der Waals surface area contributed by atoms with Gasteiger partial charge in [-0.25, -0.2) is 0 Å². The van der Waals surface area contributed by atoms with E-state index in [1.54, 1.807) is 21.6 Å². The molecule has 12 heavy (non-hydrogen) atoms. The molecule has 0 rings (SSSR count). The minimum absolute atomic E-state index is 0. The Hall–Kier alpha value is 0.170. The number of nitrogens with one attached hydrogen (secondary N) is 1. The predicted molar refractivity (Wildman–Crippen MR) is 60.5 cm³/mol. The standard InChI is InChI=1S/C8H17NOS2.H2/c1-5-9-8(10)7(6(2)3)12-11-4;/h6-7H,5H2,1-4H3,(H,9,10);1H. The highest BCUT2D eigenvalue weighted by molar-refractivity contribution is 8.76. The van der Waals surface area contributed by atoms with Crippen molar-refractivity contribution in [2.75, 3.05) is 12.8 Å². The average molecular weight is 209 g/mol. The smallest absolute Gasteiger partial charge is 0.234 e. The van der Waals surface area contributed by atoms with Crippen molar-refractivity contribution in [1.29, 1.82) is 0 Å². The van der Waals surface area contributed by atoms with E-state index in [1.807, 2.05) is 13.2 Å². The second kappa shape index (κ2) is 6.66. The van der Waals surface area contributed by atoms with Crippen LogP contribution in [0.1, 0.15) is 22.2 Å². The third kappa shape index (κ3) is 4.26. The molecule has 0 bridgehead atoms. The van der Waals surface area contributed by atoms with Crippen LogP contribution in [0.2, 0.25) is 0 Å². The van der Waals surface area contributed by atoms with E-state index in [4.69, 9.17) is 0 Å². The summed E-state index contributed by atoms with van der Waals surface area (Å²) in [5, 5.41) is 2.92. The van der Waals surface area contributed by atoms with Crippen LogP contribution in [0.3, 0.4) is 0 Å². The van der Waals surface area contributed by atoms with E-state index in [-0.39, 0.29) is 12.6 Å². The van der Waals surface area contributed by atoms with Crippen molar-refractivity contribution in [3.8, 4) is 0 Å². The van der Waals surface area contributed by atoms with E-state index in [0.717, 1.165) is 6.54 Å². The van der Waals surface area contributed by atoms with Gasteiger partial charge in [0.1, 0.15) is 0 Å². The highest BCUT2D eigenvalue weighted by Gasteiger charge is 2.21. The molecule has 0 aromatic rings. The molecule has 1 unspecified atom stereocenters. The Kier molecular flexibility index (Phi) is 6.76. The van der Waals surface area contributed by atoms with Crippen LogP contribution in [0, 0.1) is 5.92 Å². The van der Waals surface area contributed by atoms with Crippen molar-refractivity contribution in [2.24, 2.45) is 5.92 Å². The highest BCUT2D eigenvalue weighted by atomic mass is 33.1. The van der Waals surface area contributed by atoms with Crippen molar-refractivity contribution in [2.45, 2.75) is 26.0 Å². The molecule has 1 N–H and O–H groups in total. The SMILES string of the molecule is CCNC(=O)C(SSC)C(C)C.[HH]. The summed E-state index contributed by atoms with van der Waals surface area (Å²) in [7, 11) is 3.29. The number of carbonyl (C=O) groups is 1. The first-order valence-electron chi connectivity index (χ1n) is 4.10. The second-order valence-corrected chi connectivity index (χ2v) is 5.43. The Balaban J connectivity index is 0. The Bertz CT molecular complexity index is 144. The Morgan fingerprint density at radius 1 is 1.58 bits per heavy atom. The average Bonchev–Trinajstić information content (AvgIpc) is 1.99. The molecule has 0 radical (unpaired) electrons. The largest absolute Gasteiger partial charge is 0.355 e. The van der Waals surface area contributed by atoms with Crippen LogP contribution < -0.4 is 5.32 Å². The molecule has 0 fully saturated rings. The summed E-state index contributed by atoms with van der Waals surface area (Å²) in [5.41, 5.74) is 0. The van der Waals surface area contributed by atoms with Crippen LogP contribution in [-0.2, 0) is 4.79 Å². The number of amides is 1. The van der Waals surface area contributed by atoms with Crippen LogP contribution in [-0.4, -0.2) is 24.0 Å². The Morgan fingerprint density at radius 2 is 2.17 bits per heavy atom. The van der Waals surface area contributed by atoms with Crippen molar-refractivity contribution in [3.63, 3.8) is 0 Å². The van der Waals surface area contributed by atoms with Crippen LogP contribution in [0.15, 0.2) is 0 Å². The summed E-state index contributed by atoms with van der Waals surface area (Å²) < 4.78 is 0. The quantitative estimate of drug-likeness (QED) is 0.705. The van der Waals surface area contributed by atoms with E-state index in [0.29, 0.717) is 5.92 Å². The Morgan fingerprint density at radius 3 is 2.50 bits per heavy atom. The van der Waals surface area contributed by atoms with Gasteiger partial charge in [0.05, 0.1) is 5.25 Å². The van der Waals surface area contributed by atoms with E-state index in [2.05, 4.69) is 19.2 Å². The fourth-order valence-electron chi connectivity index (χ4n) is 0.836. The predicted octanol–water partition coefficient (Wildman–Crippen LogP) is 2.40. The minimum Gasteiger partial charge on any atom is -0.355 e. The zero-order valence-corrected chi connectivity index (χ0v) is 9.72. The van der Waals surface area contributed by atoms with E-state index >= 15 is 0 Å². The lowest BCUT2D eigenvalue weighted by Crippen LogP contribution is -2.35. The van der Waals surface area contributed by atoms with Gasteiger partial charge in [0.2, 0.25) is 5.91 Å². The minimum atomic E-state index is 0. The molecule has 0 saturated heterocycles. The number of hydrogen-bond donors (Lipinski definition) is 1. The maximum atomic E-state index is 11.4. The molecular weight excluding hydrogens is 190 g/mol. The highest BCUT2D eigenvalue weighted by Crippen LogP contribution is 2.28. The van der Waals surface area contributed by atoms with E-state index in [9.17, 15) is 4.79 Å². The van der Waals surface area contributed by atoms with Gasteiger partial charge in [-0.05, 0) is 19.1 Å². The van der Waals surface area contributed by atoms with Gasteiger partial charge in [-0.2, -0.15) is 0 Å². The third-order valence-electron chi connectivity index (χ3n) is 1.41. The summed E-state index contributed by atoms with van der Waals surface area (Å²) in [6.45, 7) is 6.81. The van der Waals surface area contributed by atoms with Crippen molar-refractivity contribution < 1.29 is 6.22 Å². The lowest BCUT2D eigenvalue weighted by molar-refractivity contribution is -0.121. The molecule has 0 aliphatic heterocycles. The summed E-state index contributed by atoms with van der Waals surface area (Å²) in [6.07, 6.45) is 2.00. The van der Waals surface area contributed by atoms with Crippen LogP contribution in [0.5, 0.6) is 0 Å². The maximum absolute atomic E-state index is 11.4. The molecule has 4 heteroatoms. The first-order valence-corrected chi connectivity index (χ1v) is 6.72. The monoisotopic (exact) mass is 209 g/mol. The van der Waals surface area contributed by atoms with E-state index < -0.39 is 0 Å². The molecule has 74 valence electrons. The van der Waals surface area contributed by atoms with Gasteiger partial charge in [0.15, 0.2) is 0 Å². The van der Waals surface area contributed by atoms with Crippen molar-refractivity contribution >= 4 is 27.5 Å². The van der Waals surface area contributed by atoms with Crippen LogP contribution in [0.25, 0.3) is 0 Å². The molecular formula is C8H19NOS2. The molecule has 0 aromatic heterocycles. The molecule has 0 heterocycles. The van der Waals surface area contributed by atoms with Gasteiger partial charge < -0.3 is 5.32 Å². The third-order valence-corrected chi connectivity index (χ3v) is 3.77. The van der Waals surface area contributed by atoms with Crippen LogP contribution in [0.4, 0.5) is 0 Å². The molecule has 0 spiro atoms. The van der Waals surface area contributed by atoms with Gasteiger partial charge in [-0.1, -0.05) is 35.4 Å². The normalized spacial score (nSPS) is 13.1. The van der Waals surface area contributed by atoms with E-state index in [1.165, 1.54) is 0 Å². The zero-order valence-electron chi connectivity index (χ0n) is 8.09. The van der Waals surface area contributed by atoms with Gasteiger partial charge in [0.25, 0.3) is 0 Å². The number of rotatable bonds is 5. The molecule has 0 saturated carbocycles. The van der Waals surface area contributed by atoms with Crippen LogP contribution >= 0.6 is 21.6 Å². The van der Waals surface area contributed by atoms with Crippen molar-refractivity contribution in [1.82, 2.24) is 5.32 Å². The lowest BCUT2D eigenvalue weighted by atomic mass is 10.1.